The van der Waals surface area contributed by atoms with Gasteiger partial charge in [0.1, 0.15) is 0 Å². The molecule has 1 N–H and O–H groups in total. The summed E-state index contributed by atoms with van der Waals surface area (Å²) in [4.78, 5) is 12.3. The van der Waals surface area contributed by atoms with Crippen molar-refractivity contribution in [3.8, 4) is 12.3 Å². The van der Waals surface area contributed by atoms with Gasteiger partial charge in [-0.05, 0) is 24.0 Å². The van der Waals surface area contributed by atoms with Gasteiger partial charge in [0.2, 0.25) is 0 Å². The van der Waals surface area contributed by atoms with Gasteiger partial charge in [0.15, 0.2) is 6.10 Å². The first-order valence-corrected chi connectivity index (χ1v) is 6.69. The Morgan fingerprint density at radius 3 is 3.11 bits per heavy atom. The van der Waals surface area contributed by atoms with Crippen molar-refractivity contribution in [2.75, 3.05) is 6.61 Å². The van der Waals surface area contributed by atoms with E-state index in [4.69, 9.17) is 11.2 Å². The number of fused-ring (bicyclic) bond motifs is 1. The van der Waals surface area contributed by atoms with Gasteiger partial charge in [-0.2, -0.15) is 0 Å². The van der Waals surface area contributed by atoms with E-state index in [1.165, 1.54) is 5.56 Å². The summed E-state index contributed by atoms with van der Waals surface area (Å²) in [7, 11) is 0. The highest BCUT2D eigenvalue weighted by Gasteiger charge is 2.28. The van der Waals surface area contributed by atoms with E-state index in [9.17, 15) is 4.79 Å². The molecular weight excluding hydrogens is 238 g/mol. The molecule has 1 aromatic carbocycles. The highest BCUT2D eigenvalue weighted by Crippen LogP contribution is 2.27. The van der Waals surface area contributed by atoms with Crippen molar-refractivity contribution >= 4 is 5.91 Å². The van der Waals surface area contributed by atoms with E-state index in [2.05, 4.69) is 17.3 Å². The number of ether oxygens (including phenoxy) is 1. The predicted molar refractivity (Wildman–Crippen MR) is 74.5 cm³/mol. The lowest BCUT2D eigenvalue weighted by atomic mass is 9.97. The Bertz CT molecular complexity index is 490. The molecule has 0 aromatic heterocycles. The lowest BCUT2D eigenvalue weighted by Gasteiger charge is -2.26. The zero-order chi connectivity index (χ0) is 13.7. The molecule has 3 heteroatoms. The molecule has 2 unspecified atom stereocenters. The quantitative estimate of drug-likeness (QED) is 0.840. The van der Waals surface area contributed by atoms with Gasteiger partial charge in [-0.1, -0.05) is 31.2 Å². The first kappa shape index (κ1) is 13.6. The highest BCUT2D eigenvalue weighted by atomic mass is 16.5. The lowest BCUT2D eigenvalue weighted by Crippen LogP contribution is -2.39. The molecule has 2 atom stereocenters. The Balaban J connectivity index is 2.11. The minimum atomic E-state index is -0.503. The normalized spacial score (nSPS) is 19.1. The van der Waals surface area contributed by atoms with Crippen molar-refractivity contribution < 1.29 is 9.53 Å². The average Bonchev–Trinajstić information content (AvgIpc) is 2.46. The van der Waals surface area contributed by atoms with E-state index in [-0.39, 0.29) is 11.9 Å². The van der Waals surface area contributed by atoms with Crippen LogP contribution in [0.25, 0.3) is 0 Å². The van der Waals surface area contributed by atoms with E-state index in [1.54, 1.807) is 0 Å². The number of hydrogen-bond donors (Lipinski definition) is 1. The van der Waals surface area contributed by atoms with Crippen LogP contribution in [0.2, 0.25) is 0 Å². The minimum absolute atomic E-state index is 0.0233. The van der Waals surface area contributed by atoms with Crippen molar-refractivity contribution in [1.29, 1.82) is 0 Å². The van der Waals surface area contributed by atoms with Gasteiger partial charge in [-0.15, -0.1) is 12.3 Å². The van der Waals surface area contributed by atoms with Crippen molar-refractivity contribution in [2.45, 2.75) is 38.3 Å². The molecule has 100 valence electrons. The number of nitrogens with one attached hydrogen (secondary N) is 1. The van der Waals surface area contributed by atoms with E-state index in [1.807, 2.05) is 25.1 Å². The van der Waals surface area contributed by atoms with Crippen LogP contribution in [-0.4, -0.2) is 18.6 Å². The topological polar surface area (TPSA) is 38.3 Å². The summed E-state index contributed by atoms with van der Waals surface area (Å²) >= 11 is 0. The summed E-state index contributed by atoms with van der Waals surface area (Å²) in [5.74, 6) is 2.50. The summed E-state index contributed by atoms with van der Waals surface area (Å²) in [6.45, 7) is 2.60. The van der Waals surface area contributed by atoms with Crippen LogP contribution in [-0.2, 0) is 16.0 Å². The molecule has 2 rings (SSSR count). The summed E-state index contributed by atoms with van der Waals surface area (Å²) in [5, 5.41) is 2.97. The third-order valence-electron chi connectivity index (χ3n) is 3.44. The number of benzene rings is 1. The Morgan fingerprint density at radius 1 is 1.58 bits per heavy atom. The summed E-state index contributed by atoms with van der Waals surface area (Å²) in [6.07, 6.45) is 7.04. The number of carbonyl (C=O) groups is 1. The fourth-order valence-electron chi connectivity index (χ4n) is 2.33. The van der Waals surface area contributed by atoms with Gasteiger partial charge in [0.05, 0.1) is 6.61 Å². The third kappa shape index (κ3) is 3.15. The van der Waals surface area contributed by atoms with Crippen LogP contribution in [0.1, 0.15) is 37.0 Å². The maximum absolute atomic E-state index is 12.3. The molecule has 1 aliphatic heterocycles. The van der Waals surface area contributed by atoms with Gasteiger partial charge in [0, 0.05) is 12.5 Å². The minimum Gasteiger partial charge on any atom is -0.363 e. The zero-order valence-electron chi connectivity index (χ0n) is 11.2. The second-order valence-electron chi connectivity index (χ2n) is 4.72. The molecule has 0 bridgehead atoms. The van der Waals surface area contributed by atoms with Crippen molar-refractivity contribution in [2.24, 2.45) is 0 Å². The summed E-state index contributed by atoms with van der Waals surface area (Å²) < 4.78 is 5.63. The SMILES string of the molecule is C#CCC(CC)NC(=O)C1OCCc2ccccc21. The van der Waals surface area contributed by atoms with Crippen molar-refractivity contribution in [1.82, 2.24) is 5.32 Å². The van der Waals surface area contributed by atoms with Gasteiger partial charge in [0.25, 0.3) is 5.91 Å². The smallest absolute Gasteiger partial charge is 0.254 e. The Kier molecular flexibility index (Phi) is 4.59. The maximum atomic E-state index is 12.3. The monoisotopic (exact) mass is 257 g/mol. The Morgan fingerprint density at radius 2 is 2.37 bits per heavy atom. The Hall–Kier alpha value is -1.79. The molecule has 3 nitrogen and oxygen atoms in total. The number of amides is 1. The van der Waals surface area contributed by atoms with Gasteiger partial charge in [-0.3, -0.25) is 4.79 Å². The molecule has 0 saturated carbocycles. The van der Waals surface area contributed by atoms with Crippen LogP contribution < -0.4 is 5.32 Å². The second kappa shape index (κ2) is 6.40. The molecule has 0 aliphatic carbocycles. The number of terminal acetylenes is 1. The molecule has 0 spiro atoms. The number of rotatable bonds is 4. The summed E-state index contributed by atoms with van der Waals surface area (Å²) in [5.41, 5.74) is 2.17. The molecule has 1 aromatic rings. The van der Waals surface area contributed by atoms with Crippen LogP contribution >= 0.6 is 0 Å². The van der Waals surface area contributed by atoms with Gasteiger partial charge >= 0.3 is 0 Å². The van der Waals surface area contributed by atoms with E-state index < -0.39 is 6.10 Å². The van der Waals surface area contributed by atoms with Gasteiger partial charge < -0.3 is 10.1 Å². The number of carbonyl (C=O) groups excluding carboxylic acids is 1. The lowest BCUT2D eigenvalue weighted by molar-refractivity contribution is -0.134. The fourth-order valence-corrected chi connectivity index (χ4v) is 2.33. The van der Waals surface area contributed by atoms with E-state index in [0.717, 1.165) is 18.4 Å². The zero-order valence-corrected chi connectivity index (χ0v) is 11.2. The van der Waals surface area contributed by atoms with E-state index in [0.29, 0.717) is 13.0 Å². The molecule has 19 heavy (non-hydrogen) atoms. The molecular formula is C16H19NO2. The van der Waals surface area contributed by atoms with Crippen LogP contribution in [0.15, 0.2) is 24.3 Å². The molecule has 1 aliphatic rings. The van der Waals surface area contributed by atoms with Crippen LogP contribution in [0.3, 0.4) is 0 Å². The molecule has 0 radical (unpaired) electrons. The van der Waals surface area contributed by atoms with Crippen LogP contribution in [0.4, 0.5) is 0 Å². The number of hydrogen-bond acceptors (Lipinski definition) is 2. The Labute approximate surface area is 114 Å². The van der Waals surface area contributed by atoms with Crippen LogP contribution in [0, 0.1) is 12.3 Å². The first-order chi connectivity index (χ1) is 9.26. The third-order valence-corrected chi connectivity index (χ3v) is 3.44. The first-order valence-electron chi connectivity index (χ1n) is 6.69. The highest BCUT2D eigenvalue weighted by molar-refractivity contribution is 5.83. The predicted octanol–water partition coefficient (Wildman–Crippen LogP) is 2.22. The molecule has 0 fully saturated rings. The van der Waals surface area contributed by atoms with E-state index >= 15 is 0 Å². The van der Waals surface area contributed by atoms with Gasteiger partial charge in [-0.25, -0.2) is 0 Å². The molecule has 1 heterocycles. The standard InChI is InChI=1S/C16H19NO2/c1-3-7-13(4-2)17-16(18)15-14-9-6-5-8-12(14)10-11-19-15/h1,5-6,8-9,13,15H,4,7,10-11H2,2H3,(H,17,18). The van der Waals surface area contributed by atoms with Crippen molar-refractivity contribution in [3.05, 3.63) is 35.4 Å². The second-order valence-corrected chi connectivity index (χ2v) is 4.72. The van der Waals surface area contributed by atoms with Crippen LogP contribution in [0.5, 0.6) is 0 Å². The average molecular weight is 257 g/mol. The molecule has 0 saturated heterocycles. The van der Waals surface area contributed by atoms with Crippen molar-refractivity contribution in [3.63, 3.8) is 0 Å². The molecule has 1 amide bonds. The summed E-state index contributed by atoms with van der Waals surface area (Å²) in [6, 6.07) is 7.96. The maximum Gasteiger partial charge on any atom is 0.254 e. The fraction of sp³-hybridized carbons (Fsp3) is 0.438. The largest absolute Gasteiger partial charge is 0.363 e.